The zero-order valence-electron chi connectivity index (χ0n) is 13.6. The zero-order chi connectivity index (χ0) is 16.9. The minimum Gasteiger partial charge on any atom is -0.343 e. The molecule has 2 rings (SSSR count). The fourth-order valence-corrected chi connectivity index (χ4v) is 3.73. The SMILES string of the molecule is CCCCN(CC)C(=O)CCN=C1NS(=O)(=O)c2ccccc21. The molecular formula is C16H23N3O3S. The van der Waals surface area contributed by atoms with Gasteiger partial charge in [-0.3, -0.25) is 14.5 Å². The first-order valence-corrected chi connectivity index (χ1v) is 9.42. The Balaban J connectivity index is 2.01. The number of nitrogens with one attached hydrogen (secondary N) is 1. The van der Waals surface area contributed by atoms with Gasteiger partial charge >= 0.3 is 0 Å². The van der Waals surface area contributed by atoms with Crippen LogP contribution < -0.4 is 4.72 Å². The molecule has 126 valence electrons. The summed E-state index contributed by atoms with van der Waals surface area (Å²) in [6.45, 7) is 5.77. The lowest BCUT2D eigenvalue weighted by Crippen LogP contribution is -2.32. The molecule has 0 spiro atoms. The number of rotatable bonds is 7. The van der Waals surface area contributed by atoms with Gasteiger partial charge in [0.2, 0.25) is 5.91 Å². The number of amidine groups is 1. The molecule has 7 heteroatoms. The minimum atomic E-state index is -3.51. The Morgan fingerprint density at radius 3 is 2.70 bits per heavy atom. The van der Waals surface area contributed by atoms with Crippen molar-refractivity contribution < 1.29 is 13.2 Å². The molecule has 0 unspecified atom stereocenters. The molecule has 0 aromatic heterocycles. The lowest BCUT2D eigenvalue weighted by atomic mass is 10.2. The first-order valence-electron chi connectivity index (χ1n) is 7.94. The van der Waals surface area contributed by atoms with Crippen molar-refractivity contribution in [2.45, 2.75) is 38.0 Å². The quantitative estimate of drug-likeness (QED) is 0.823. The number of carbonyl (C=O) groups excluding carboxylic acids is 1. The highest BCUT2D eigenvalue weighted by Gasteiger charge is 2.29. The van der Waals surface area contributed by atoms with Crippen molar-refractivity contribution in [1.29, 1.82) is 0 Å². The van der Waals surface area contributed by atoms with Gasteiger partial charge in [-0.05, 0) is 25.5 Å². The molecule has 23 heavy (non-hydrogen) atoms. The summed E-state index contributed by atoms with van der Waals surface area (Å²) in [4.78, 5) is 18.5. The lowest BCUT2D eigenvalue weighted by molar-refractivity contribution is -0.130. The van der Waals surface area contributed by atoms with E-state index in [1.807, 2.05) is 11.8 Å². The molecule has 0 bridgehead atoms. The number of aliphatic imine (C=N–C) groups is 1. The van der Waals surface area contributed by atoms with Gasteiger partial charge in [-0.1, -0.05) is 25.5 Å². The van der Waals surface area contributed by atoms with E-state index in [1.165, 1.54) is 0 Å². The molecule has 1 aromatic rings. The molecule has 1 N–H and O–H groups in total. The summed E-state index contributed by atoms with van der Waals surface area (Å²) >= 11 is 0. The molecule has 6 nitrogen and oxygen atoms in total. The van der Waals surface area contributed by atoms with Gasteiger partial charge in [0.1, 0.15) is 5.84 Å². The monoisotopic (exact) mass is 337 g/mol. The molecule has 1 aliphatic rings. The van der Waals surface area contributed by atoms with Crippen LogP contribution in [0.15, 0.2) is 34.2 Å². The second kappa shape index (κ2) is 7.59. The van der Waals surface area contributed by atoms with Crippen LogP contribution in [0.3, 0.4) is 0 Å². The second-order valence-corrected chi connectivity index (χ2v) is 7.06. The van der Waals surface area contributed by atoms with Gasteiger partial charge in [0.15, 0.2) is 0 Å². The van der Waals surface area contributed by atoms with Crippen LogP contribution in [0, 0.1) is 0 Å². The predicted molar refractivity (Wildman–Crippen MR) is 89.9 cm³/mol. The average Bonchev–Trinajstić information content (AvgIpc) is 2.80. The Bertz CT molecular complexity index is 698. The van der Waals surface area contributed by atoms with E-state index in [0.717, 1.165) is 19.4 Å². The molecule has 0 aliphatic carbocycles. The fraction of sp³-hybridized carbons (Fsp3) is 0.500. The van der Waals surface area contributed by atoms with E-state index in [0.29, 0.717) is 17.9 Å². The molecule has 0 radical (unpaired) electrons. The maximum Gasteiger partial charge on any atom is 0.263 e. The molecule has 0 saturated carbocycles. The third-order valence-electron chi connectivity index (χ3n) is 3.77. The van der Waals surface area contributed by atoms with Gasteiger partial charge in [-0.25, -0.2) is 8.42 Å². The molecule has 0 fully saturated rings. The highest BCUT2D eigenvalue weighted by atomic mass is 32.2. The van der Waals surface area contributed by atoms with E-state index in [2.05, 4.69) is 16.6 Å². The first kappa shape index (κ1) is 17.5. The summed E-state index contributed by atoms with van der Waals surface area (Å²) in [6.07, 6.45) is 2.32. The topological polar surface area (TPSA) is 78.8 Å². The molecule has 1 aliphatic heterocycles. The molecule has 0 saturated heterocycles. The lowest BCUT2D eigenvalue weighted by Gasteiger charge is -2.20. The van der Waals surface area contributed by atoms with E-state index < -0.39 is 10.0 Å². The molecular weight excluding hydrogens is 314 g/mol. The smallest absolute Gasteiger partial charge is 0.263 e. The second-order valence-electron chi connectivity index (χ2n) is 5.41. The van der Waals surface area contributed by atoms with Gasteiger partial charge in [0.05, 0.1) is 11.4 Å². The van der Waals surface area contributed by atoms with Crippen LogP contribution in [0.2, 0.25) is 0 Å². The third kappa shape index (κ3) is 4.10. The predicted octanol–water partition coefficient (Wildman–Crippen LogP) is 1.76. The number of carbonyl (C=O) groups is 1. The number of unbranched alkanes of at least 4 members (excludes halogenated alkanes) is 1. The molecule has 1 amide bonds. The van der Waals surface area contributed by atoms with Crippen molar-refractivity contribution in [2.24, 2.45) is 4.99 Å². The van der Waals surface area contributed by atoms with Crippen molar-refractivity contribution in [3.63, 3.8) is 0 Å². The number of nitrogens with zero attached hydrogens (tertiary/aromatic N) is 2. The Labute approximate surface area is 137 Å². The number of sulfonamides is 1. The first-order chi connectivity index (χ1) is 11.0. The van der Waals surface area contributed by atoms with Crippen LogP contribution in [0.4, 0.5) is 0 Å². The van der Waals surface area contributed by atoms with Crippen molar-refractivity contribution in [3.05, 3.63) is 29.8 Å². The normalized spacial score (nSPS) is 16.9. The van der Waals surface area contributed by atoms with E-state index in [1.54, 1.807) is 24.3 Å². The van der Waals surface area contributed by atoms with Gasteiger partial charge in [0, 0.05) is 25.1 Å². The average molecular weight is 337 g/mol. The highest BCUT2D eigenvalue weighted by Crippen LogP contribution is 2.22. The molecule has 1 heterocycles. The number of hydrogen-bond acceptors (Lipinski definition) is 4. The largest absolute Gasteiger partial charge is 0.343 e. The van der Waals surface area contributed by atoms with Crippen LogP contribution in [0.25, 0.3) is 0 Å². The van der Waals surface area contributed by atoms with Crippen molar-refractivity contribution in [1.82, 2.24) is 9.62 Å². The number of fused-ring (bicyclic) bond motifs is 1. The van der Waals surface area contributed by atoms with Crippen LogP contribution >= 0.6 is 0 Å². The Hall–Kier alpha value is -1.89. The number of amides is 1. The zero-order valence-corrected chi connectivity index (χ0v) is 14.4. The Morgan fingerprint density at radius 2 is 2.00 bits per heavy atom. The number of hydrogen-bond donors (Lipinski definition) is 1. The molecule has 0 atom stereocenters. The van der Waals surface area contributed by atoms with Gasteiger partial charge < -0.3 is 4.90 Å². The summed E-state index contributed by atoms with van der Waals surface area (Å²) in [6, 6.07) is 6.71. The Morgan fingerprint density at radius 1 is 1.26 bits per heavy atom. The maximum atomic E-state index is 12.1. The van der Waals surface area contributed by atoms with Gasteiger partial charge in [0.25, 0.3) is 10.0 Å². The van der Waals surface area contributed by atoms with Crippen LogP contribution in [0.5, 0.6) is 0 Å². The van der Waals surface area contributed by atoms with Crippen LogP contribution in [-0.2, 0) is 14.8 Å². The fourth-order valence-electron chi connectivity index (χ4n) is 2.48. The van der Waals surface area contributed by atoms with Gasteiger partial charge in [-0.15, -0.1) is 0 Å². The molecule has 1 aromatic carbocycles. The van der Waals surface area contributed by atoms with Crippen molar-refractivity contribution in [3.8, 4) is 0 Å². The summed E-state index contributed by atoms with van der Waals surface area (Å²) in [5, 5.41) is 0. The van der Waals surface area contributed by atoms with E-state index >= 15 is 0 Å². The van der Waals surface area contributed by atoms with Gasteiger partial charge in [-0.2, -0.15) is 0 Å². The van der Waals surface area contributed by atoms with E-state index in [9.17, 15) is 13.2 Å². The van der Waals surface area contributed by atoms with E-state index in [-0.39, 0.29) is 23.8 Å². The Kier molecular flexibility index (Phi) is 5.76. The van der Waals surface area contributed by atoms with Crippen LogP contribution in [0.1, 0.15) is 38.7 Å². The summed E-state index contributed by atoms with van der Waals surface area (Å²) in [5.74, 6) is 0.379. The van der Waals surface area contributed by atoms with E-state index in [4.69, 9.17) is 0 Å². The van der Waals surface area contributed by atoms with Crippen molar-refractivity contribution >= 4 is 21.8 Å². The standard InChI is InChI=1S/C16H23N3O3S/c1-3-5-12-19(4-2)15(20)10-11-17-16-13-8-6-7-9-14(13)23(21,22)18-16/h6-9H,3-5,10-12H2,1-2H3,(H,17,18). The summed E-state index contributed by atoms with van der Waals surface area (Å²) in [7, 11) is -3.51. The highest BCUT2D eigenvalue weighted by molar-refractivity contribution is 7.90. The van der Waals surface area contributed by atoms with Crippen molar-refractivity contribution in [2.75, 3.05) is 19.6 Å². The summed E-state index contributed by atoms with van der Waals surface area (Å²) in [5.41, 5.74) is 0.568. The third-order valence-corrected chi connectivity index (χ3v) is 5.17. The van der Waals surface area contributed by atoms with Crippen LogP contribution in [-0.4, -0.2) is 44.7 Å². The minimum absolute atomic E-state index is 0.0550. The maximum absolute atomic E-state index is 12.1. The number of benzene rings is 1. The summed E-state index contributed by atoms with van der Waals surface area (Å²) < 4.78 is 26.4.